The lowest BCUT2D eigenvalue weighted by Crippen LogP contribution is -2.47. The molecular weight excluding hydrogens is 222 g/mol. The maximum Gasteiger partial charge on any atom is 0.305 e. The van der Waals surface area contributed by atoms with E-state index in [1.165, 1.54) is 4.68 Å². The van der Waals surface area contributed by atoms with Crippen molar-refractivity contribution >= 4 is 11.9 Å². The number of rotatable bonds is 5. The van der Waals surface area contributed by atoms with E-state index in [9.17, 15) is 9.59 Å². The highest BCUT2D eigenvalue weighted by Crippen LogP contribution is 2.11. The first-order valence-electron chi connectivity index (χ1n) is 5.35. The van der Waals surface area contributed by atoms with Crippen LogP contribution in [0.5, 0.6) is 0 Å². The average molecular weight is 239 g/mol. The number of nitrogens with zero attached hydrogens (tertiary/aromatic N) is 2. The lowest BCUT2D eigenvalue weighted by Gasteiger charge is -2.26. The Morgan fingerprint density at radius 1 is 1.53 bits per heavy atom. The molecule has 0 radical (unpaired) electrons. The molecule has 0 saturated carbocycles. The SMILES string of the molecule is CC(C(=O)NC(C)(C)CC(=O)O)n1cccn1. The zero-order chi connectivity index (χ0) is 13.1. The molecule has 0 aliphatic rings. The fourth-order valence-corrected chi connectivity index (χ4v) is 1.49. The van der Waals surface area contributed by atoms with Gasteiger partial charge in [-0.1, -0.05) is 0 Å². The average Bonchev–Trinajstić information content (AvgIpc) is 2.65. The van der Waals surface area contributed by atoms with Crippen LogP contribution in [0.3, 0.4) is 0 Å². The third kappa shape index (κ3) is 3.90. The monoisotopic (exact) mass is 239 g/mol. The molecule has 1 amide bonds. The number of hydrogen-bond acceptors (Lipinski definition) is 3. The van der Waals surface area contributed by atoms with Gasteiger partial charge in [0.2, 0.25) is 5.91 Å². The van der Waals surface area contributed by atoms with Gasteiger partial charge in [-0.25, -0.2) is 0 Å². The Morgan fingerprint density at radius 3 is 2.65 bits per heavy atom. The number of carbonyl (C=O) groups excluding carboxylic acids is 1. The predicted molar refractivity (Wildman–Crippen MR) is 61.4 cm³/mol. The molecule has 0 spiro atoms. The molecule has 1 aromatic heterocycles. The minimum atomic E-state index is -0.943. The Kier molecular flexibility index (Phi) is 3.88. The van der Waals surface area contributed by atoms with E-state index in [4.69, 9.17) is 5.11 Å². The molecular formula is C11H17N3O3. The summed E-state index contributed by atoms with van der Waals surface area (Å²) >= 11 is 0. The molecule has 2 N–H and O–H groups in total. The first kappa shape index (κ1) is 13.2. The summed E-state index contributed by atoms with van der Waals surface area (Å²) in [4.78, 5) is 22.5. The van der Waals surface area contributed by atoms with Crippen molar-refractivity contribution in [2.75, 3.05) is 0 Å². The number of carboxylic acids is 1. The van der Waals surface area contributed by atoms with E-state index in [1.807, 2.05) is 0 Å². The van der Waals surface area contributed by atoms with E-state index in [1.54, 1.807) is 39.2 Å². The van der Waals surface area contributed by atoms with Gasteiger partial charge < -0.3 is 10.4 Å². The van der Waals surface area contributed by atoms with Crippen LogP contribution in [0.2, 0.25) is 0 Å². The molecule has 0 saturated heterocycles. The molecule has 17 heavy (non-hydrogen) atoms. The quantitative estimate of drug-likeness (QED) is 0.796. The van der Waals surface area contributed by atoms with Crippen LogP contribution in [0.1, 0.15) is 33.2 Å². The zero-order valence-corrected chi connectivity index (χ0v) is 10.2. The molecule has 0 aromatic carbocycles. The summed E-state index contributed by atoms with van der Waals surface area (Å²) in [5.41, 5.74) is -0.773. The highest BCUT2D eigenvalue weighted by atomic mass is 16.4. The van der Waals surface area contributed by atoms with Gasteiger partial charge in [0, 0.05) is 17.9 Å². The molecule has 0 aliphatic carbocycles. The fraction of sp³-hybridized carbons (Fsp3) is 0.545. The van der Waals surface area contributed by atoms with Crippen molar-refractivity contribution in [1.82, 2.24) is 15.1 Å². The summed E-state index contributed by atoms with van der Waals surface area (Å²) in [5, 5.41) is 15.4. The topological polar surface area (TPSA) is 84.2 Å². The Labute approximate surface area is 99.6 Å². The lowest BCUT2D eigenvalue weighted by atomic mass is 10.0. The molecule has 1 rings (SSSR count). The van der Waals surface area contributed by atoms with E-state index in [0.29, 0.717) is 0 Å². The molecule has 0 aliphatic heterocycles. The molecule has 6 nitrogen and oxygen atoms in total. The minimum absolute atomic E-state index is 0.120. The smallest absolute Gasteiger partial charge is 0.305 e. The van der Waals surface area contributed by atoms with Gasteiger partial charge in [0.15, 0.2) is 0 Å². The van der Waals surface area contributed by atoms with E-state index in [-0.39, 0.29) is 12.3 Å². The van der Waals surface area contributed by atoms with Crippen molar-refractivity contribution in [3.05, 3.63) is 18.5 Å². The molecule has 1 heterocycles. The second kappa shape index (κ2) is 4.99. The largest absolute Gasteiger partial charge is 0.481 e. The van der Waals surface area contributed by atoms with Crippen molar-refractivity contribution in [2.45, 2.75) is 38.8 Å². The first-order chi connectivity index (χ1) is 7.82. The number of amides is 1. The summed E-state index contributed by atoms with van der Waals surface area (Å²) < 4.78 is 1.52. The van der Waals surface area contributed by atoms with Crippen LogP contribution in [-0.4, -0.2) is 32.3 Å². The lowest BCUT2D eigenvalue weighted by molar-refractivity contribution is -0.138. The molecule has 1 unspecified atom stereocenters. The third-order valence-electron chi connectivity index (χ3n) is 2.36. The Bertz CT molecular complexity index is 398. The van der Waals surface area contributed by atoms with Gasteiger partial charge in [-0.15, -0.1) is 0 Å². The molecule has 94 valence electrons. The van der Waals surface area contributed by atoms with E-state index < -0.39 is 17.6 Å². The summed E-state index contributed by atoms with van der Waals surface area (Å²) in [5.74, 6) is -1.19. The second-order valence-electron chi connectivity index (χ2n) is 4.61. The van der Waals surface area contributed by atoms with E-state index in [2.05, 4.69) is 10.4 Å². The Morgan fingerprint density at radius 2 is 2.18 bits per heavy atom. The van der Waals surface area contributed by atoms with Crippen molar-refractivity contribution in [3.63, 3.8) is 0 Å². The number of hydrogen-bond donors (Lipinski definition) is 2. The minimum Gasteiger partial charge on any atom is -0.481 e. The Balaban J connectivity index is 2.63. The van der Waals surface area contributed by atoms with Crippen molar-refractivity contribution in [3.8, 4) is 0 Å². The second-order valence-corrected chi connectivity index (χ2v) is 4.61. The molecule has 1 aromatic rings. The third-order valence-corrected chi connectivity index (χ3v) is 2.36. The van der Waals surface area contributed by atoms with Gasteiger partial charge in [-0.3, -0.25) is 14.3 Å². The number of carboxylic acid groups (broad SMARTS) is 1. The standard InChI is InChI=1S/C11H17N3O3/c1-8(14-6-4-5-12-14)10(17)13-11(2,3)7-9(15)16/h4-6,8H,7H2,1-3H3,(H,13,17)(H,15,16). The maximum atomic E-state index is 11.9. The van der Waals surface area contributed by atoms with Crippen LogP contribution < -0.4 is 5.32 Å². The molecule has 1 atom stereocenters. The number of nitrogens with one attached hydrogen (secondary N) is 1. The van der Waals surface area contributed by atoms with Crippen LogP contribution in [-0.2, 0) is 9.59 Å². The van der Waals surface area contributed by atoms with Gasteiger partial charge in [-0.05, 0) is 26.8 Å². The van der Waals surface area contributed by atoms with Gasteiger partial charge in [0.1, 0.15) is 6.04 Å². The maximum absolute atomic E-state index is 11.9. The van der Waals surface area contributed by atoms with Crippen LogP contribution >= 0.6 is 0 Å². The normalized spacial score (nSPS) is 13.1. The van der Waals surface area contributed by atoms with E-state index in [0.717, 1.165) is 0 Å². The first-order valence-corrected chi connectivity index (χ1v) is 5.35. The highest BCUT2D eigenvalue weighted by Gasteiger charge is 2.26. The van der Waals surface area contributed by atoms with Gasteiger partial charge in [0.05, 0.1) is 6.42 Å². The van der Waals surface area contributed by atoms with Crippen LogP contribution in [0.25, 0.3) is 0 Å². The van der Waals surface area contributed by atoms with Crippen LogP contribution in [0.4, 0.5) is 0 Å². The van der Waals surface area contributed by atoms with Crippen molar-refractivity contribution in [2.24, 2.45) is 0 Å². The zero-order valence-electron chi connectivity index (χ0n) is 10.2. The van der Waals surface area contributed by atoms with Gasteiger partial charge in [-0.2, -0.15) is 5.10 Å². The van der Waals surface area contributed by atoms with E-state index >= 15 is 0 Å². The van der Waals surface area contributed by atoms with Crippen LogP contribution in [0, 0.1) is 0 Å². The number of carbonyl (C=O) groups is 2. The van der Waals surface area contributed by atoms with Gasteiger partial charge in [0.25, 0.3) is 0 Å². The summed E-state index contributed by atoms with van der Waals surface area (Å²) in [7, 11) is 0. The molecule has 6 heteroatoms. The fourth-order valence-electron chi connectivity index (χ4n) is 1.49. The van der Waals surface area contributed by atoms with Crippen molar-refractivity contribution in [1.29, 1.82) is 0 Å². The summed E-state index contributed by atoms with van der Waals surface area (Å²) in [6, 6.07) is 1.27. The number of aromatic nitrogens is 2. The summed E-state index contributed by atoms with van der Waals surface area (Å²) in [6.45, 7) is 5.06. The number of aliphatic carboxylic acids is 1. The highest BCUT2D eigenvalue weighted by molar-refractivity contribution is 5.81. The predicted octanol–water partition coefficient (Wildman–Crippen LogP) is 0.814. The Hall–Kier alpha value is -1.85. The van der Waals surface area contributed by atoms with Gasteiger partial charge >= 0.3 is 5.97 Å². The molecule has 0 bridgehead atoms. The van der Waals surface area contributed by atoms with Crippen molar-refractivity contribution < 1.29 is 14.7 Å². The summed E-state index contributed by atoms with van der Waals surface area (Å²) in [6.07, 6.45) is 3.16. The van der Waals surface area contributed by atoms with Crippen LogP contribution in [0.15, 0.2) is 18.5 Å². The molecule has 0 fully saturated rings.